The second-order valence-electron chi connectivity index (χ2n) is 4.18. The van der Waals surface area contributed by atoms with Gasteiger partial charge in [0.2, 0.25) is 0 Å². The Morgan fingerprint density at radius 2 is 1.94 bits per heavy atom. The van der Waals surface area contributed by atoms with Crippen molar-refractivity contribution in [3.8, 4) is 12.1 Å². The molecule has 16 heavy (non-hydrogen) atoms. The van der Waals surface area contributed by atoms with E-state index in [1.165, 1.54) is 0 Å². The Bertz CT molecular complexity index is 529. The van der Waals surface area contributed by atoms with Crippen molar-refractivity contribution in [2.45, 2.75) is 25.9 Å². The van der Waals surface area contributed by atoms with E-state index in [0.717, 1.165) is 17.0 Å². The van der Waals surface area contributed by atoms with Crippen LogP contribution in [0.1, 0.15) is 20.3 Å². The molecule has 2 aliphatic rings. The lowest BCUT2D eigenvalue weighted by Gasteiger charge is -2.09. The number of hydrogen-bond acceptors (Lipinski definition) is 4. The summed E-state index contributed by atoms with van der Waals surface area (Å²) in [5, 5.41) is 17.6. The monoisotopic (exact) mass is 210 g/mol. The molecule has 1 aliphatic carbocycles. The minimum absolute atomic E-state index is 0.155. The van der Waals surface area contributed by atoms with Gasteiger partial charge >= 0.3 is 0 Å². The highest BCUT2D eigenvalue weighted by Crippen LogP contribution is 2.26. The van der Waals surface area contributed by atoms with Gasteiger partial charge in [0.25, 0.3) is 0 Å². The van der Waals surface area contributed by atoms with Crippen LogP contribution in [0.3, 0.4) is 0 Å². The molecular formula is C12H10N4. The number of nitriles is 2. The predicted octanol–water partition coefficient (Wildman–Crippen LogP) is 1.92. The Hall–Kier alpha value is -2.20. The SMILES string of the molecule is CC1(C)N=C2C=CC(=C(C#N)C#N)CC2=N1. The van der Waals surface area contributed by atoms with Crippen molar-refractivity contribution in [1.82, 2.24) is 0 Å². The standard InChI is InChI=1S/C12H10N4/c1-12(2)15-10-4-3-8(5-11(10)16-12)9(6-13)7-14/h3-4H,5H2,1-2H3. The van der Waals surface area contributed by atoms with Crippen molar-refractivity contribution in [1.29, 1.82) is 10.5 Å². The Labute approximate surface area is 93.9 Å². The van der Waals surface area contributed by atoms with Gasteiger partial charge < -0.3 is 0 Å². The van der Waals surface area contributed by atoms with Gasteiger partial charge in [-0.3, -0.25) is 9.98 Å². The first-order valence-corrected chi connectivity index (χ1v) is 4.96. The van der Waals surface area contributed by atoms with E-state index in [2.05, 4.69) is 9.98 Å². The smallest absolute Gasteiger partial charge is 0.145 e. The van der Waals surface area contributed by atoms with E-state index in [1.807, 2.05) is 32.1 Å². The quantitative estimate of drug-likeness (QED) is 0.573. The minimum Gasteiger partial charge on any atom is -0.258 e. The maximum absolute atomic E-state index is 8.79. The molecule has 0 radical (unpaired) electrons. The second kappa shape index (κ2) is 3.43. The number of fused-ring (bicyclic) bond motifs is 1. The summed E-state index contributed by atoms with van der Waals surface area (Å²) >= 11 is 0. The van der Waals surface area contributed by atoms with Crippen LogP contribution in [0.4, 0.5) is 0 Å². The fourth-order valence-electron chi connectivity index (χ4n) is 1.79. The third-order valence-corrected chi connectivity index (χ3v) is 2.44. The molecular weight excluding hydrogens is 200 g/mol. The lowest BCUT2D eigenvalue weighted by molar-refractivity contribution is 0.566. The number of hydrogen-bond donors (Lipinski definition) is 0. The molecule has 0 N–H and O–H groups in total. The molecule has 0 aromatic heterocycles. The van der Waals surface area contributed by atoms with Crippen molar-refractivity contribution in [3.05, 3.63) is 23.3 Å². The number of aliphatic imine (C=N–C) groups is 2. The van der Waals surface area contributed by atoms with E-state index in [1.54, 1.807) is 6.08 Å². The van der Waals surface area contributed by atoms with Crippen LogP contribution < -0.4 is 0 Å². The largest absolute Gasteiger partial charge is 0.258 e. The van der Waals surface area contributed by atoms with Gasteiger partial charge in [0.1, 0.15) is 23.4 Å². The lowest BCUT2D eigenvalue weighted by atomic mass is 9.95. The third-order valence-electron chi connectivity index (χ3n) is 2.44. The van der Waals surface area contributed by atoms with E-state index < -0.39 is 5.66 Å². The van der Waals surface area contributed by atoms with E-state index in [4.69, 9.17) is 10.5 Å². The van der Waals surface area contributed by atoms with E-state index in [-0.39, 0.29) is 5.57 Å². The fourth-order valence-corrected chi connectivity index (χ4v) is 1.79. The first-order chi connectivity index (χ1) is 7.55. The zero-order valence-electron chi connectivity index (χ0n) is 9.15. The molecule has 0 aromatic rings. The molecule has 0 aromatic carbocycles. The molecule has 0 fully saturated rings. The zero-order chi connectivity index (χ0) is 11.8. The van der Waals surface area contributed by atoms with E-state index >= 15 is 0 Å². The topological polar surface area (TPSA) is 72.3 Å². The lowest BCUT2D eigenvalue weighted by Crippen LogP contribution is -2.13. The Morgan fingerprint density at radius 3 is 2.56 bits per heavy atom. The minimum atomic E-state index is -0.413. The zero-order valence-corrected chi connectivity index (χ0v) is 9.15. The van der Waals surface area contributed by atoms with Crippen LogP contribution in [0.5, 0.6) is 0 Å². The molecule has 0 unspecified atom stereocenters. The van der Waals surface area contributed by atoms with Crippen LogP contribution >= 0.6 is 0 Å². The molecule has 4 heteroatoms. The summed E-state index contributed by atoms with van der Waals surface area (Å²) < 4.78 is 0. The van der Waals surface area contributed by atoms with Crippen molar-refractivity contribution in [3.63, 3.8) is 0 Å². The number of nitrogens with zero attached hydrogens (tertiary/aromatic N) is 4. The van der Waals surface area contributed by atoms with Crippen molar-refractivity contribution in [2.24, 2.45) is 9.98 Å². The second-order valence-corrected chi connectivity index (χ2v) is 4.18. The van der Waals surface area contributed by atoms with Gasteiger partial charge in [0, 0.05) is 6.42 Å². The molecule has 0 spiro atoms. The summed E-state index contributed by atoms with van der Waals surface area (Å²) in [5.74, 6) is 0. The maximum Gasteiger partial charge on any atom is 0.145 e. The molecule has 2 rings (SSSR count). The third kappa shape index (κ3) is 1.66. The average Bonchev–Trinajstić information content (AvgIpc) is 2.53. The average molecular weight is 210 g/mol. The van der Waals surface area contributed by atoms with Gasteiger partial charge in [0.05, 0.1) is 11.4 Å². The van der Waals surface area contributed by atoms with Crippen LogP contribution in [-0.4, -0.2) is 17.1 Å². The van der Waals surface area contributed by atoms with Gasteiger partial charge in [-0.25, -0.2) is 0 Å². The normalized spacial score (nSPS) is 20.4. The molecule has 0 saturated heterocycles. The highest BCUT2D eigenvalue weighted by Gasteiger charge is 2.28. The highest BCUT2D eigenvalue weighted by molar-refractivity contribution is 6.49. The van der Waals surface area contributed by atoms with E-state index in [0.29, 0.717) is 6.42 Å². The van der Waals surface area contributed by atoms with Gasteiger partial charge in [0.15, 0.2) is 0 Å². The van der Waals surface area contributed by atoms with Crippen molar-refractivity contribution < 1.29 is 0 Å². The van der Waals surface area contributed by atoms with Crippen LogP contribution in [0.25, 0.3) is 0 Å². The molecule has 0 atom stereocenters. The first-order valence-electron chi connectivity index (χ1n) is 4.96. The van der Waals surface area contributed by atoms with E-state index in [9.17, 15) is 0 Å². The summed E-state index contributed by atoms with van der Waals surface area (Å²) in [6, 6.07) is 3.79. The highest BCUT2D eigenvalue weighted by atomic mass is 15.1. The number of rotatable bonds is 0. The van der Waals surface area contributed by atoms with Crippen molar-refractivity contribution in [2.75, 3.05) is 0 Å². The van der Waals surface area contributed by atoms with Crippen molar-refractivity contribution >= 4 is 11.4 Å². The molecule has 1 aliphatic heterocycles. The predicted molar refractivity (Wildman–Crippen MR) is 61.0 cm³/mol. The molecule has 0 bridgehead atoms. The summed E-state index contributed by atoms with van der Waals surface area (Å²) in [7, 11) is 0. The first kappa shape index (κ1) is 10.3. The maximum atomic E-state index is 8.79. The van der Waals surface area contributed by atoms with Gasteiger partial charge in [-0.05, 0) is 25.5 Å². The summed E-state index contributed by atoms with van der Waals surface area (Å²) in [6.07, 6.45) is 4.12. The summed E-state index contributed by atoms with van der Waals surface area (Å²) in [4.78, 5) is 8.88. The van der Waals surface area contributed by atoms with Gasteiger partial charge in [-0.15, -0.1) is 0 Å². The Balaban J connectivity index is 2.45. The molecule has 4 nitrogen and oxygen atoms in total. The molecule has 1 heterocycles. The van der Waals surface area contributed by atoms with Crippen LogP contribution in [0, 0.1) is 22.7 Å². The number of allylic oxidation sites excluding steroid dienone is 4. The molecule has 78 valence electrons. The molecule has 0 amide bonds. The van der Waals surface area contributed by atoms with Crippen LogP contribution in [0.15, 0.2) is 33.3 Å². The Kier molecular flexibility index (Phi) is 2.21. The summed E-state index contributed by atoms with van der Waals surface area (Å²) in [6.45, 7) is 3.86. The van der Waals surface area contributed by atoms with Crippen LogP contribution in [-0.2, 0) is 0 Å². The Morgan fingerprint density at radius 1 is 1.25 bits per heavy atom. The molecule has 0 saturated carbocycles. The fraction of sp³-hybridized carbons (Fsp3) is 0.333. The van der Waals surface area contributed by atoms with Gasteiger partial charge in [-0.2, -0.15) is 10.5 Å². The van der Waals surface area contributed by atoms with Crippen LogP contribution in [0.2, 0.25) is 0 Å². The summed E-state index contributed by atoms with van der Waals surface area (Å²) in [5.41, 5.74) is 2.20. The van der Waals surface area contributed by atoms with Gasteiger partial charge in [-0.1, -0.05) is 6.08 Å².